The van der Waals surface area contributed by atoms with Crippen molar-refractivity contribution in [1.82, 2.24) is 9.80 Å². The number of carbonyl (C=O) groups is 2. The monoisotopic (exact) mass is 457 g/mol. The molecule has 1 saturated heterocycles. The van der Waals surface area contributed by atoms with E-state index in [0.717, 1.165) is 23.5 Å². The molecule has 5 rings (SSSR count). The van der Waals surface area contributed by atoms with Crippen molar-refractivity contribution in [3.05, 3.63) is 93.3 Å². The molecular formula is C27H27N3O2S. The predicted octanol–water partition coefficient (Wildman–Crippen LogP) is 4.47. The van der Waals surface area contributed by atoms with Gasteiger partial charge in [-0.15, -0.1) is 11.3 Å². The molecule has 3 aromatic rings. The maximum absolute atomic E-state index is 13.6. The smallest absolute Gasteiger partial charge is 0.278 e. The topological polar surface area (TPSA) is 43.9 Å². The lowest BCUT2D eigenvalue weighted by molar-refractivity contribution is -0.138. The summed E-state index contributed by atoms with van der Waals surface area (Å²) in [5.41, 5.74) is 5.88. The molecule has 0 unspecified atom stereocenters. The van der Waals surface area contributed by atoms with Crippen molar-refractivity contribution >= 4 is 34.4 Å². The maximum Gasteiger partial charge on any atom is 0.278 e. The normalized spacial score (nSPS) is 16.8. The molecule has 0 bridgehead atoms. The first-order valence-corrected chi connectivity index (χ1v) is 12.2. The van der Waals surface area contributed by atoms with Crippen LogP contribution in [0.5, 0.6) is 0 Å². The molecule has 1 fully saturated rings. The summed E-state index contributed by atoms with van der Waals surface area (Å²) in [4.78, 5) is 33.8. The zero-order valence-corrected chi connectivity index (χ0v) is 19.8. The number of carbonyl (C=O) groups excluding carboxylic acids is 2. The fraction of sp³-hybridized carbons (Fsp3) is 0.259. The van der Waals surface area contributed by atoms with E-state index in [1.807, 2.05) is 47.8 Å². The first-order valence-electron chi connectivity index (χ1n) is 11.3. The Balaban J connectivity index is 1.42. The molecular weight excluding hydrogens is 430 g/mol. The van der Waals surface area contributed by atoms with E-state index in [0.29, 0.717) is 30.9 Å². The van der Waals surface area contributed by atoms with Gasteiger partial charge in [-0.1, -0.05) is 48.5 Å². The Morgan fingerprint density at radius 2 is 1.52 bits per heavy atom. The molecule has 5 nitrogen and oxygen atoms in total. The lowest BCUT2D eigenvalue weighted by Gasteiger charge is -2.38. The third kappa shape index (κ3) is 3.95. The van der Waals surface area contributed by atoms with Crippen LogP contribution in [0.3, 0.4) is 0 Å². The average Bonchev–Trinajstić information content (AvgIpc) is 3.44. The molecule has 0 atom stereocenters. The SMILES string of the molecule is Cc1cccc(N2CCN(C3=C(c4cccs4)C(=O)N(Cc4ccccc4)C3=O)CC2)c1C. The summed E-state index contributed by atoms with van der Waals surface area (Å²) < 4.78 is 0. The van der Waals surface area contributed by atoms with Crippen LogP contribution in [-0.2, 0) is 16.1 Å². The van der Waals surface area contributed by atoms with Gasteiger partial charge >= 0.3 is 0 Å². The molecule has 1 aromatic heterocycles. The van der Waals surface area contributed by atoms with E-state index < -0.39 is 0 Å². The van der Waals surface area contributed by atoms with Crippen molar-refractivity contribution in [2.75, 3.05) is 31.1 Å². The van der Waals surface area contributed by atoms with Gasteiger partial charge in [0.2, 0.25) is 0 Å². The van der Waals surface area contributed by atoms with E-state index in [1.165, 1.54) is 33.1 Å². The zero-order chi connectivity index (χ0) is 22.9. The van der Waals surface area contributed by atoms with E-state index in [9.17, 15) is 9.59 Å². The van der Waals surface area contributed by atoms with Crippen molar-refractivity contribution in [1.29, 1.82) is 0 Å². The number of benzene rings is 2. The summed E-state index contributed by atoms with van der Waals surface area (Å²) >= 11 is 1.51. The maximum atomic E-state index is 13.6. The quantitative estimate of drug-likeness (QED) is 0.531. The van der Waals surface area contributed by atoms with Gasteiger partial charge < -0.3 is 9.80 Å². The highest BCUT2D eigenvalue weighted by molar-refractivity contribution is 7.11. The second-order valence-electron chi connectivity index (χ2n) is 8.58. The second kappa shape index (κ2) is 8.87. The number of nitrogens with zero attached hydrogens (tertiary/aromatic N) is 3. The molecule has 168 valence electrons. The highest BCUT2D eigenvalue weighted by Gasteiger charge is 2.42. The molecule has 2 aromatic carbocycles. The minimum Gasteiger partial charge on any atom is -0.368 e. The van der Waals surface area contributed by atoms with E-state index in [2.05, 4.69) is 41.8 Å². The first kappa shape index (κ1) is 21.5. The molecule has 0 radical (unpaired) electrons. The number of amides is 2. The van der Waals surface area contributed by atoms with Crippen molar-refractivity contribution in [2.45, 2.75) is 20.4 Å². The van der Waals surface area contributed by atoms with Gasteiger partial charge in [-0.3, -0.25) is 14.5 Å². The number of hydrogen-bond acceptors (Lipinski definition) is 5. The third-order valence-corrected chi connectivity index (χ3v) is 7.49. The highest BCUT2D eigenvalue weighted by atomic mass is 32.1. The summed E-state index contributed by atoms with van der Waals surface area (Å²) in [6.45, 7) is 7.62. The Bertz CT molecular complexity index is 1210. The van der Waals surface area contributed by atoms with Gasteiger partial charge in [0.15, 0.2) is 0 Å². The van der Waals surface area contributed by atoms with Crippen LogP contribution in [0.4, 0.5) is 5.69 Å². The van der Waals surface area contributed by atoms with Crippen LogP contribution in [0, 0.1) is 13.8 Å². The lowest BCUT2D eigenvalue weighted by atomic mass is 10.1. The fourth-order valence-corrected chi connectivity index (χ4v) is 5.42. The number of thiophene rings is 1. The molecule has 2 aliphatic rings. The Morgan fingerprint density at radius 3 is 2.21 bits per heavy atom. The van der Waals surface area contributed by atoms with Gasteiger partial charge in [0, 0.05) is 36.7 Å². The number of hydrogen-bond donors (Lipinski definition) is 0. The van der Waals surface area contributed by atoms with Crippen molar-refractivity contribution < 1.29 is 9.59 Å². The van der Waals surface area contributed by atoms with Crippen LogP contribution in [0.25, 0.3) is 5.57 Å². The second-order valence-corrected chi connectivity index (χ2v) is 9.52. The standard InChI is InChI=1S/C27H27N3O2S/c1-19-8-6-11-22(20(19)2)28-13-15-29(16-14-28)25-24(23-12-7-17-33-23)26(31)30(27(25)32)18-21-9-4-3-5-10-21/h3-12,17H,13-16,18H2,1-2H3. The van der Waals surface area contributed by atoms with Crippen molar-refractivity contribution in [3.63, 3.8) is 0 Å². The number of aryl methyl sites for hydroxylation is 1. The van der Waals surface area contributed by atoms with Crippen LogP contribution in [0.15, 0.2) is 71.7 Å². The summed E-state index contributed by atoms with van der Waals surface area (Å²) in [6.07, 6.45) is 0. The van der Waals surface area contributed by atoms with Gasteiger partial charge in [-0.2, -0.15) is 0 Å². The van der Waals surface area contributed by atoms with E-state index in [-0.39, 0.29) is 11.8 Å². The predicted molar refractivity (Wildman–Crippen MR) is 133 cm³/mol. The summed E-state index contributed by atoms with van der Waals surface area (Å²) in [5, 5.41) is 1.95. The number of anilines is 1. The molecule has 2 aliphatic heterocycles. The fourth-order valence-electron chi connectivity index (χ4n) is 4.66. The van der Waals surface area contributed by atoms with Crippen LogP contribution < -0.4 is 4.90 Å². The average molecular weight is 458 g/mol. The van der Waals surface area contributed by atoms with E-state index in [1.54, 1.807) is 0 Å². The number of rotatable bonds is 5. The number of piperazine rings is 1. The Hall–Kier alpha value is -3.38. The van der Waals surface area contributed by atoms with Crippen molar-refractivity contribution in [3.8, 4) is 0 Å². The van der Waals surface area contributed by atoms with Crippen LogP contribution in [-0.4, -0.2) is 47.8 Å². The molecule has 6 heteroatoms. The van der Waals surface area contributed by atoms with E-state index in [4.69, 9.17) is 0 Å². The third-order valence-electron chi connectivity index (χ3n) is 6.61. The molecule has 3 heterocycles. The van der Waals surface area contributed by atoms with Gasteiger partial charge in [-0.05, 0) is 48.1 Å². The minimum atomic E-state index is -0.196. The summed E-state index contributed by atoms with van der Waals surface area (Å²) in [6, 6.07) is 20.0. The molecule has 33 heavy (non-hydrogen) atoms. The first-order chi connectivity index (χ1) is 16.0. The van der Waals surface area contributed by atoms with Crippen LogP contribution >= 0.6 is 11.3 Å². The zero-order valence-electron chi connectivity index (χ0n) is 19.0. The molecule has 0 aliphatic carbocycles. The minimum absolute atomic E-state index is 0.188. The van der Waals surface area contributed by atoms with Gasteiger partial charge in [0.05, 0.1) is 12.1 Å². The molecule has 2 amide bonds. The Labute approximate surface area is 198 Å². The summed E-state index contributed by atoms with van der Waals surface area (Å²) in [5.74, 6) is -0.384. The van der Waals surface area contributed by atoms with Gasteiger partial charge in [0.25, 0.3) is 11.8 Å². The Morgan fingerprint density at radius 1 is 0.788 bits per heavy atom. The highest BCUT2D eigenvalue weighted by Crippen LogP contribution is 2.35. The largest absolute Gasteiger partial charge is 0.368 e. The van der Waals surface area contributed by atoms with Crippen LogP contribution in [0.2, 0.25) is 0 Å². The number of imide groups is 1. The van der Waals surface area contributed by atoms with Gasteiger partial charge in [-0.25, -0.2) is 0 Å². The Kier molecular flexibility index (Phi) is 5.77. The van der Waals surface area contributed by atoms with E-state index >= 15 is 0 Å². The molecule has 0 saturated carbocycles. The summed E-state index contributed by atoms with van der Waals surface area (Å²) in [7, 11) is 0. The van der Waals surface area contributed by atoms with Crippen LogP contribution in [0.1, 0.15) is 21.6 Å². The van der Waals surface area contributed by atoms with Gasteiger partial charge in [0.1, 0.15) is 5.70 Å². The molecule has 0 spiro atoms. The van der Waals surface area contributed by atoms with Crippen molar-refractivity contribution in [2.24, 2.45) is 0 Å². The molecule has 0 N–H and O–H groups in total. The lowest BCUT2D eigenvalue weighted by Crippen LogP contribution is -2.47.